The second-order valence-electron chi connectivity index (χ2n) is 6.00. The number of hydrogen-bond donors (Lipinski definition) is 1. The van der Waals surface area contributed by atoms with Crippen LogP contribution in [0.3, 0.4) is 0 Å². The molecule has 2 atom stereocenters. The summed E-state index contributed by atoms with van der Waals surface area (Å²) in [6, 6.07) is 0.105. The van der Waals surface area contributed by atoms with Crippen LogP contribution >= 0.6 is 0 Å². The van der Waals surface area contributed by atoms with Crippen LogP contribution in [0, 0.1) is 11.8 Å². The number of piperidine rings is 1. The van der Waals surface area contributed by atoms with E-state index < -0.39 is 11.9 Å². The molecule has 2 rings (SSSR count). The van der Waals surface area contributed by atoms with E-state index in [9.17, 15) is 14.4 Å². The fourth-order valence-corrected chi connectivity index (χ4v) is 3.03. The molecule has 2 aliphatic heterocycles. The molecule has 0 aromatic rings. The molecular formula is C14H22N2O4. The van der Waals surface area contributed by atoms with Crippen molar-refractivity contribution in [3.05, 3.63) is 0 Å². The van der Waals surface area contributed by atoms with Crippen LogP contribution < -0.4 is 0 Å². The molecule has 1 N–H and O–H groups in total. The lowest BCUT2D eigenvalue weighted by Crippen LogP contribution is -2.45. The van der Waals surface area contributed by atoms with Crippen LogP contribution in [-0.2, 0) is 14.4 Å². The van der Waals surface area contributed by atoms with Gasteiger partial charge in [0.1, 0.15) is 0 Å². The Morgan fingerprint density at radius 1 is 1.25 bits per heavy atom. The molecule has 0 saturated carbocycles. The van der Waals surface area contributed by atoms with Gasteiger partial charge in [-0.15, -0.1) is 0 Å². The van der Waals surface area contributed by atoms with Crippen LogP contribution in [0.4, 0.5) is 0 Å². The highest BCUT2D eigenvalue weighted by Crippen LogP contribution is 2.25. The number of amides is 2. The van der Waals surface area contributed by atoms with E-state index in [1.807, 2.05) is 13.8 Å². The number of nitrogens with zero attached hydrogens (tertiary/aromatic N) is 2. The third-order valence-electron chi connectivity index (χ3n) is 4.21. The summed E-state index contributed by atoms with van der Waals surface area (Å²) < 4.78 is 0. The van der Waals surface area contributed by atoms with E-state index in [4.69, 9.17) is 5.11 Å². The summed E-state index contributed by atoms with van der Waals surface area (Å²) in [4.78, 5) is 38.7. The van der Waals surface area contributed by atoms with E-state index in [0.29, 0.717) is 19.5 Å². The molecule has 2 amide bonds. The Balaban J connectivity index is 1.98. The molecule has 1 unspecified atom stereocenters. The van der Waals surface area contributed by atoms with Crippen molar-refractivity contribution < 1.29 is 19.5 Å². The second-order valence-corrected chi connectivity index (χ2v) is 6.00. The van der Waals surface area contributed by atoms with Crippen molar-refractivity contribution in [2.45, 2.75) is 39.2 Å². The standard InChI is InChI=1S/C14H22N2O4/c1-9(2)16-8-11(6-12(16)17)13(18)15-5-3-4-10(7-15)14(19)20/h9-11H,3-8H2,1-2H3,(H,19,20)/t10-,11?/m1/s1. The SMILES string of the molecule is CC(C)N1CC(C(=O)N2CCC[C@@H](C(=O)O)C2)CC1=O. The summed E-state index contributed by atoms with van der Waals surface area (Å²) in [6.45, 7) is 5.22. The minimum atomic E-state index is -0.839. The Hall–Kier alpha value is -1.59. The zero-order valence-corrected chi connectivity index (χ0v) is 12.0. The van der Waals surface area contributed by atoms with Gasteiger partial charge in [0, 0.05) is 32.1 Å². The van der Waals surface area contributed by atoms with Gasteiger partial charge in [-0.05, 0) is 26.7 Å². The van der Waals surface area contributed by atoms with Gasteiger partial charge in [0.25, 0.3) is 0 Å². The van der Waals surface area contributed by atoms with Crippen molar-refractivity contribution >= 4 is 17.8 Å². The van der Waals surface area contributed by atoms with E-state index in [1.54, 1.807) is 9.80 Å². The lowest BCUT2D eigenvalue weighted by molar-refractivity contribution is -0.146. The Morgan fingerprint density at radius 2 is 1.95 bits per heavy atom. The fraction of sp³-hybridized carbons (Fsp3) is 0.786. The van der Waals surface area contributed by atoms with Gasteiger partial charge in [-0.25, -0.2) is 0 Å². The van der Waals surface area contributed by atoms with E-state index >= 15 is 0 Å². The molecule has 0 aromatic carbocycles. The van der Waals surface area contributed by atoms with Gasteiger partial charge in [-0.1, -0.05) is 0 Å². The van der Waals surface area contributed by atoms with Crippen LogP contribution in [0.1, 0.15) is 33.1 Å². The van der Waals surface area contributed by atoms with Crippen molar-refractivity contribution in [2.24, 2.45) is 11.8 Å². The summed E-state index contributed by atoms with van der Waals surface area (Å²) in [6.07, 6.45) is 1.60. The third-order valence-corrected chi connectivity index (χ3v) is 4.21. The molecule has 2 fully saturated rings. The topological polar surface area (TPSA) is 77.9 Å². The van der Waals surface area contributed by atoms with Crippen molar-refractivity contribution in [3.8, 4) is 0 Å². The quantitative estimate of drug-likeness (QED) is 0.820. The molecule has 6 heteroatoms. The zero-order chi connectivity index (χ0) is 14.9. The van der Waals surface area contributed by atoms with Crippen molar-refractivity contribution in [1.29, 1.82) is 0 Å². The lowest BCUT2D eigenvalue weighted by Gasteiger charge is -2.32. The number of carbonyl (C=O) groups is 3. The number of aliphatic carboxylic acids is 1. The molecule has 6 nitrogen and oxygen atoms in total. The molecule has 0 aromatic heterocycles. The van der Waals surface area contributed by atoms with Gasteiger partial charge in [0.05, 0.1) is 11.8 Å². The van der Waals surface area contributed by atoms with Crippen LogP contribution in [-0.4, -0.2) is 58.4 Å². The Labute approximate surface area is 118 Å². The maximum absolute atomic E-state index is 12.4. The summed E-state index contributed by atoms with van der Waals surface area (Å²) in [5.74, 6) is -1.66. The number of carboxylic acids is 1. The predicted molar refractivity (Wildman–Crippen MR) is 71.9 cm³/mol. The minimum absolute atomic E-state index is 0.0187. The van der Waals surface area contributed by atoms with E-state index in [0.717, 1.165) is 6.42 Å². The summed E-state index contributed by atoms with van der Waals surface area (Å²) >= 11 is 0. The Kier molecular flexibility index (Phi) is 4.30. The molecule has 2 aliphatic rings. The van der Waals surface area contributed by atoms with Crippen LogP contribution in [0.15, 0.2) is 0 Å². The molecule has 0 aliphatic carbocycles. The highest BCUT2D eigenvalue weighted by atomic mass is 16.4. The maximum atomic E-state index is 12.4. The third kappa shape index (κ3) is 2.94. The first-order valence-corrected chi connectivity index (χ1v) is 7.21. The van der Waals surface area contributed by atoms with E-state index in [1.165, 1.54) is 0 Å². The fourth-order valence-electron chi connectivity index (χ4n) is 3.03. The normalized spacial score (nSPS) is 27.2. The second kappa shape index (κ2) is 5.81. The largest absolute Gasteiger partial charge is 0.481 e. The minimum Gasteiger partial charge on any atom is -0.481 e. The lowest BCUT2D eigenvalue weighted by atomic mass is 9.96. The Bertz CT molecular complexity index is 421. The van der Waals surface area contributed by atoms with Gasteiger partial charge < -0.3 is 14.9 Å². The van der Waals surface area contributed by atoms with Gasteiger partial charge in [-0.3, -0.25) is 14.4 Å². The molecule has 2 saturated heterocycles. The molecular weight excluding hydrogens is 260 g/mol. The molecule has 0 bridgehead atoms. The van der Waals surface area contributed by atoms with Crippen molar-refractivity contribution in [2.75, 3.05) is 19.6 Å². The number of likely N-dealkylation sites (tertiary alicyclic amines) is 2. The number of carbonyl (C=O) groups excluding carboxylic acids is 2. The summed E-state index contributed by atoms with van der Waals surface area (Å²) in [5.41, 5.74) is 0. The molecule has 0 spiro atoms. The monoisotopic (exact) mass is 282 g/mol. The van der Waals surface area contributed by atoms with Gasteiger partial charge in [0.15, 0.2) is 0 Å². The number of rotatable bonds is 3. The van der Waals surface area contributed by atoms with Crippen LogP contribution in [0.25, 0.3) is 0 Å². The first-order valence-electron chi connectivity index (χ1n) is 7.21. The average molecular weight is 282 g/mol. The van der Waals surface area contributed by atoms with Gasteiger partial charge >= 0.3 is 5.97 Å². The number of carboxylic acid groups (broad SMARTS) is 1. The number of hydrogen-bond acceptors (Lipinski definition) is 3. The smallest absolute Gasteiger partial charge is 0.308 e. The van der Waals surface area contributed by atoms with E-state index in [2.05, 4.69) is 0 Å². The Morgan fingerprint density at radius 3 is 2.50 bits per heavy atom. The summed E-state index contributed by atoms with van der Waals surface area (Å²) in [5, 5.41) is 9.06. The predicted octanol–water partition coefficient (Wildman–Crippen LogP) is 0.566. The highest BCUT2D eigenvalue weighted by molar-refractivity contribution is 5.89. The van der Waals surface area contributed by atoms with Crippen molar-refractivity contribution in [1.82, 2.24) is 9.80 Å². The van der Waals surface area contributed by atoms with Crippen molar-refractivity contribution in [3.63, 3.8) is 0 Å². The van der Waals surface area contributed by atoms with Gasteiger partial charge in [0.2, 0.25) is 11.8 Å². The van der Waals surface area contributed by atoms with Gasteiger partial charge in [-0.2, -0.15) is 0 Å². The average Bonchev–Trinajstić information content (AvgIpc) is 2.80. The summed E-state index contributed by atoms with van der Waals surface area (Å²) in [7, 11) is 0. The molecule has 20 heavy (non-hydrogen) atoms. The first kappa shape index (κ1) is 14.8. The first-order chi connectivity index (χ1) is 9.40. The maximum Gasteiger partial charge on any atom is 0.308 e. The van der Waals surface area contributed by atoms with E-state index in [-0.39, 0.29) is 36.7 Å². The highest BCUT2D eigenvalue weighted by Gasteiger charge is 2.39. The molecule has 112 valence electrons. The van der Waals surface area contributed by atoms with Crippen LogP contribution in [0.5, 0.6) is 0 Å². The zero-order valence-electron chi connectivity index (χ0n) is 12.0. The molecule has 2 heterocycles. The van der Waals surface area contributed by atoms with Crippen LogP contribution in [0.2, 0.25) is 0 Å². The molecule has 0 radical (unpaired) electrons.